The van der Waals surface area contributed by atoms with E-state index in [4.69, 9.17) is 11.6 Å². The van der Waals surface area contributed by atoms with Gasteiger partial charge in [0, 0.05) is 12.0 Å². The number of nitriles is 1. The highest BCUT2D eigenvalue weighted by Crippen LogP contribution is 2.49. The van der Waals surface area contributed by atoms with Gasteiger partial charge in [-0.05, 0) is 25.7 Å². The van der Waals surface area contributed by atoms with Gasteiger partial charge in [0.25, 0.3) is 0 Å². The number of amides is 1. The maximum absolute atomic E-state index is 14.6. The molecule has 1 saturated carbocycles. The summed E-state index contributed by atoms with van der Waals surface area (Å²) in [7, 11) is 0. The molecule has 2 aromatic rings. The zero-order chi connectivity index (χ0) is 23.3. The Labute approximate surface area is 186 Å². The SMILES string of the molecule is CCC1(c2c(C#N)c(Cl)c3cnc(N[C@@H]4CCN(C(=O)C(F)(F)F)C[C@H]4F)nn23)CCC1. The van der Waals surface area contributed by atoms with Gasteiger partial charge in [0.05, 0.1) is 35.1 Å². The van der Waals surface area contributed by atoms with Gasteiger partial charge in [-0.25, -0.2) is 13.9 Å². The summed E-state index contributed by atoms with van der Waals surface area (Å²) in [5.74, 6) is -1.97. The molecule has 2 atom stereocenters. The van der Waals surface area contributed by atoms with E-state index in [-0.39, 0.29) is 29.4 Å². The van der Waals surface area contributed by atoms with Crippen molar-refractivity contribution in [2.24, 2.45) is 0 Å². The normalized spacial score (nSPS) is 23.0. The van der Waals surface area contributed by atoms with Crippen LogP contribution >= 0.6 is 11.6 Å². The first-order valence-electron chi connectivity index (χ1n) is 10.4. The number of hydrogen-bond acceptors (Lipinski definition) is 5. The van der Waals surface area contributed by atoms with Gasteiger partial charge in [-0.15, -0.1) is 5.10 Å². The number of alkyl halides is 4. The van der Waals surface area contributed by atoms with E-state index in [1.54, 1.807) is 4.52 Å². The Balaban J connectivity index is 1.60. The van der Waals surface area contributed by atoms with Crippen molar-refractivity contribution in [3.05, 3.63) is 22.5 Å². The molecular weight excluding hydrogens is 452 g/mol. The lowest BCUT2D eigenvalue weighted by Crippen LogP contribution is -2.53. The smallest absolute Gasteiger partial charge is 0.347 e. The number of anilines is 1. The van der Waals surface area contributed by atoms with Crippen LogP contribution in [-0.2, 0) is 10.2 Å². The quantitative estimate of drug-likeness (QED) is 0.680. The lowest BCUT2D eigenvalue weighted by molar-refractivity contribution is -0.187. The zero-order valence-electron chi connectivity index (χ0n) is 17.2. The number of fused-ring (bicyclic) bond motifs is 1. The second-order valence-corrected chi connectivity index (χ2v) is 8.70. The van der Waals surface area contributed by atoms with Crippen LogP contribution in [0.15, 0.2) is 6.20 Å². The summed E-state index contributed by atoms with van der Waals surface area (Å²) >= 11 is 6.42. The summed E-state index contributed by atoms with van der Waals surface area (Å²) < 4.78 is 54.1. The van der Waals surface area contributed by atoms with Crippen molar-refractivity contribution >= 4 is 29.0 Å². The lowest BCUT2D eigenvalue weighted by atomic mass is 9.64. The minimum Gasteiger partial charge on any atom is -0.347 e. The van der Waals surface area contributed by atoms with E-state index in [2.05, 4.69) is 21.5 Å². The topological polar surface area (TPSA) is 86.3 Å². The van der Waals surface area contributed by atoms with E-state index in [1.165, 1.54) is 6.20 Å². The highest BCUT2D eigenvalue weighted by atomic mass is 35.5. The second-order valence-electron chi connectivity index (χ2n) is 8.32. The Morgan fingerprint density at radius 1 is 1.44 bits per heavy atom. The Bertz CT molecular complexity index is 1080. The zero-order valence-corrected chi connectivity index (χ0v) is 18.0. The number of nitrogens with zero attached hydrogens (tertiary/aromatic N) is 5. The number of nitrogens with one attached hydrogen (secondary N) is 1. The largest absolute Gasteiger partial charge is 0.471 e. The third-order valence-electron chi connectivity index (χ3n) is 6.61. The lowest BCUT2D eigenvalue weighted by Gasteiger charge is -2.41. The van der Waals surface area contributed by atoms with Crippen LogP contribution < -0.4 is 5.32 Å². The molecule has 1 aliphatic heterocycles. The van der Waals surface area contributed by atoms with Gasteiger partial charge in [-0.2, -0.15) is 18.4 Å². The molecule has 12 heteroatoms. The number of hydrogen-bond donors (Lipinski definition) is 1. The Hall–Kier alpha value is -2.61. The average Bonchev–Trinajstić information content (AvgIpc) is 2.99. The Morgan fingerprint density at radius 2 is 2.16 bits per heavy atom. The molecule has 3 heterocycles. The third-order valence-corrected chi connectivity index (χ3v) is 6.99. The number of likely N-dealkylation sites (tertiary alicyclic amines) is 1. The highest BCUT2D eigenvalue weighted by Gasteiger charge is 2.45. The number of piperidine rings is 1. The summed E-state index contributed by atoms with van der Waals surface area (Å²) in [6, 6.07) is 1.30. The molecule has 7 nitrogen and oxygen atoms in total. The molecule has 1 amide bonds. The van der Waals surface area contributed by atoms with Crippen molar-refractivity contribution in [2.75, 3.05) is 18.4 Å². The summed E-state index contributed by atoms with van der Waals surface area (Å²) in [6.07, 6.45) is -1.74. The molecule has 1 N–H and O–H groups in total. The minimum atomic E-state index is -5.03. The first-order chi connectivity index (χ1) is 15.1. The van der Waals surface area contributed by atoms with Crippen molar-refractivity contribution in [1.82, 2.24) is 19.5 Å². The van der Waals surface area contributed by atoms with Crippen LogP contribution in [0.5, 0.6) is 0 Å². The molecule has 1 saturated heterocycles. The van der Waals surface area contributed by atoms with Crippen LogP contribution in [-0.4, -0.2) is 56.9 Å². The van der Waals surface area contributed by atoms with Crippen LogP contribution in [0, 0.1) is 11.3 Å². The van der Waals surface area contributed by atoms with Crippen LogP contribution in [0.25, 0.3) is 5.52 Å². The summed E-state index contributed by atoms with van der Waals surface area (Å²) in [5.41, 5.74) is 1.30. The Morgan fingerprint density at radius 3 is 2.69 bits per heavy atom. The minimum absolute atomic E-state index is 0.0357. The first kappa shape index (κ1) is 22.6. The fourth-order valence-electron chi connectivity index (χ4n) is 4.63. The van der Waals surface area contributed by atoms with Crippen molar-refractivity contribution in [1.29, 1.82) is 5.26 Å². The van der Waals surface area contributed by atoms with Crippen LogP contribution in [0.3, 0.4) is 0 Å². The molecule has 0 bridgehead atoms. The maximum Gasteiger partial charge on any atom is 0.471 e. The van der Waals surface area contributed by atoms with Crippen molar-refractivity contribution in [2.45, 2.75) is 62.8 Å². The standard InChI is InChI=1S/C20H21ClF4N6O/c1-2-19(5-3-6-19)16-11(8-26)15(21)14-9-27-18(29-31(14)16)28-13-4-7-30(10-12(13)22)17(32)20(23,24)25/h9,12-13H,2-7,10H2,1H3,(H,28,29)/t12-,13-/m1/s1. The van der Waals surface area contributed by atoms with Crippen molar-refractivity contribution < 1.29 is 22.4 Å². The number of halogens is 5. The van der Waals surface area contributed by atoms with E-state index in [0.717, 1.165) is 25.7 Å². The molecule has 2 aliphatic rings. The van der Waals surface area contributed by atoms with Crippen molar-refractivity contribution in [3.8, 4) is 6.07 Å². The first-order valence-corrected chi connectivity index (χ1v) is 10.7. The van der Waals surface area contributed by atoms with Gasteiger partial charge in [0.1, 0.15) is 17.8 Å². The molecular formula is C20H21ClF4N6O. The van der Waals surface area contributed by atoms with E-state index in [1.807, 2.05) is 6.92 Å². The monoisotopic (exact) mass is 472 g/mol. The predicted molar refractivity (Wildman–Crippen MR) is 108 cm³/mol. The highest BCUT2D eigenvalue weighted by molar-refractivity contribution is 6.35. The molecule has 0 unspecified atom stereocenters. The summed E-state index contributed by atoms with van der Waals surface area (Å²) in [5, 5.41) is 17.2. The van der Waals surface area contributed by atoms with Gasteiger partial charge in [-0.1, -0.05) is 24.9 Å². The third kappa shape index (κ3) is 3.64. The number of carbonyl (C=O) groups is 1. The van der Waals surface area contributed by atoms with Gasteiger partial charge in [0.15, 0.2) is 0 Å². The number of carbonyl (C=O) groups excluding carboxylic acids is 1. The van der Waals surface area contributed by atoms with Crippen LogP contribution in [0.2, 0.25) is 5.02 Å². The van der Waals surface area contributed by atoms with E-state index >= 15 is 0 Å². The van der Waals surface area contributed by atoms with Crippen LogP contribution in [0.4, 0.5) is 23.5 Å². The molecule has 172 valence electrons. The van der Waals surface area contributed by atoms with E-state index < -0.39 is 30.8 Å². The molecule has 32 heavy (non-hydrogen) atoms. The van der Waals surface area contributed by atoms with Crippen molar-refractivity contribution in [3.63, 3.8) is 0 Å². The van der Waals surface area contributed by atoms with Gasteiger partial charge >= 0.3 is 12.1 Å². The molecule has 4 rings (SSSR count). The van der Waals surface area contributed by atoms with Gasteiger partial charge in [-0.3, -0.25) is 4.79 Å². The summed E-state index contributed by atoms with van der Waals surface area (Å²) in [4.78, 5) is 16.0. The molecule has 1 aliphatic carbocycles. The van der Waals surface area contributed by atoms with E-state index in [0.29, 0.717) is 21.7 Å². The molecule has 0 aromatic carbocycles. The summed E-state index contributed by atoms with van der Waals surface area (Å²) in [6.45, 7) is 1.13. The number of rotatable bonds is 4. The average molecular weight is 473 g/mol. The van der Waals surface area contributed by atoms with E-state index in [9.17, 15) is 27.6 Å². The molecule has 2 fully saturated rings. The fourth-order valence-corrected chi connectivity index (χ4v) is 4.89. The Kier molecular flexibility index (Phi) is 5.69. The second kappa shape index (κ2) is 8.06. The van der Waals surface area contributed by atoms with Gasteiger partial charge < -0.3 is 10.2 Å². The molecule has 0 radical (unpaired) electrons. The maximum atomic E-state index is 14.6. The predicted octanol–water partition coefficient (Wildman–Crippen LogP) is 4.00. The fraction of sp³-hybridized carbons (Fsp3) is 0.600. The number of aromatic nitrogens is 3. The molecule has 0 spiro atoms. The molecule has 2 aromatic heterocycles. The van der Waals surface area contributed by atoms with Gasteiger partial charge in [0.2, 0.25) is 5.95 Å². The van der Waals surface area contributed by atoms with Crippen LogP contribution in [0.1, 0.15) is 50.3 Å².